The van der Waals surface area contributed by atoms with Gasteiger partial charge in [0.2, 0.25) is 5.91 Å². The van der Waals surface area contributed by atoms with Gasteiger partial charge < -0.3 is 30.2 Å². The van der Waals surface area contributed by atoms with Crippen LogP contribution in [0.3, 0.4) is 0 Å². The zero-order chi connectivity index (χ0) is 20.7. The number of carboxylic acid groups (broad SMARTS) is 1. The molecule has 1 fully saturated rings. The van der Waals surface area contributed by atoms with Gasteiger partial charge in [-0.05, 0) is 24.4 Å². The molecule has 1 unspecified atom stereocenters. The summed E-state index contributed by atoms with van der Waals surface area (Å²) >= 11 is 0. The van der Waals surface area contributed by atoms with Gasteiger partial charge in [-0.15, -0.1) is 0 Å². The molecule has 2 aliphatic rings. The van der Waals surface area contributed by atoms with Gasteiger partial charge in [0, 0.05) is 18.8 Å². The molecule has 0 radical (unpaired) electrons. The molecule has 4 rings (SSSR count). The van der Waals surface area contributed by atoms with E-state index in [0.29, 0.717) is 37.0 Å². The summed E-state index contributed by atoms with van der Waals surface area (Å²) < 4.78 is 12.7. The van der Waals surface area contributed by atoms with Crippen molar-refractivity contribution in [3.8, 4) is 11.5 Å². The van der Waals surface area contributed by atoms with E-state index < -0.39 is 19.1 Å². The summed E-state index contributed by atoms with van der Waals surface area (Å²) in [5, 5.41) is 23.4. The van der Waals surface area contributed by atoms with E-state index >= 15 is 0 Å². The first-order valence-corrected chi connectivity index (χ1v) is 9.27. The lowest BCUT2D eigenvalue weighted by Crippen LogP contribution is -2.58. The number of aryl methyl sites for hydroxylation is 2. The van der Waals surface area contributed by atoms with Crippen molar-refractivity contribution < 1.29 is 29.1 Å². The normalized spacial score (nSPS) is 17.2. The third kappa shape index (κ3) is 3.66. The summed E-state index contributed by atoms with van der Waals surface area (Å²) in [5.41, 5.74) is 7.24. The molecule has 0 saturated carbocycles. The number of aromatic carboxylic acids is 1. The van der Waals surface area contributed by atoms with Gasteiger partial charge in [-0.2, -0.15) is 5.10 Å². The number of carbonyl (C=O) groups excluding carboxylic acids is 1. The maximum absolute atomic E-state index is 12.5. The van der Waals surface area contributed by atoms with E-state index in [0.717, 1.165) is 0 Å². The molecule has 3 heterocycles. The predicted molar refractivity (Wildman–Crippen MR) is 102 cm³/mol. The minimum Gasteiger partial charge on any atom is -0.535 e. The fourth-order valence-electron chi connectivity index (χ4n) is 3.53. The Morgan fingerprint density at radius 3 is 2.83 bits per heavy atom. The minimum atomic E-state index is -1.20. The first-order valence-electron chi connectivity index (χ1n) is 9.27. The fraction of sp³-hybridized carbons (Fsp3) is 0.389. The Kier molecular flexibility index (Phi) is 4.93. The lowest BCUT2D eigenvalue weighted by Gasteiger charge is -2.40. The number of rotatable bonds is 5. The highest BCUT2D eigenvalue weighted by molar-refractivity contribution is 6.44. The van der Waals surface area contributed by atoms with Crippen LogP contribution in [0.1, 0.15) is 27.5 Å². The highest BCUT2D eigenvalue weighted by Crippen LogP contribution is 2.37. The van der Waals surface area contributed by atoms with Crippen molar-refractivity contribution in [2.45, 2.75) is 24.9 Å². The van der Waals surface area contributed by atoms with Crippen LogP contribution in [0.5, 0.6) is 11.5 Å². The van der Waals surface area contributed by atoms with Crippen LogP contribution >= 0.6 is 0 Å². The lowest BCUT2D eigenvalue weighted by molar-refractivity contribution is -0.141. The molecule has 2 aromatic rings. The average Bonchev–Trinajstić information content (AvgIpc) is 3.08. The van der Waals surface area contributed by atoms with Crippen molar-refractivity contribution in [1.82, 2.24) is 14.7 Å². The molecular weight excluding hydrogens is 379 g/mol. The molecular formula is C18H21BN4O6. The Morgan fingerprint density at radius 1 is 1.41 bits per heavy atom. The SMILES string of the molecule is Cn1cc(C(N)C(=O)N2CC(Oc3ccc4c(c3C(=O)O)OB(O)CC4)C2)cn1. The van der Waals surface area contributed by atoms with Gasteiger partial charge in [0.05, 0.1) is 19.3 Å². The smallest absolute Gasteiger partial charge is 0.522 e. The highest BCUT2D eigenvalue weighted by Gasteiger charge is 2.37. The van der Waals surface area contributed by atoms with E-state index in [-0.39, 0.29) is 29.1 Å². The van der Waals surface area contributed by atoms with E-state index in [4.69, 9.17) is 15.1 Å². The number of nitrogens with two attached hydrogens (primary N) is 1. The lowest BCUT2D eigenvalue weighted by atomic mass is 9.78. The van der Waals surface area contributed by atoms with Gasteiger partial charge in [0.15, 0.2) is 0 Å². The Labute approximate surface area is 166 Å². The second-order valence-corrected chi connectivity index (χ2v) is 7.25. The number of carbonyl (C=O) groups is 2. The summed E-state index contributed by atoms with van der Waals surface area (Å²) in [6.07, 6.45) is 3.82. The van der Waals surface area contributed by atoms with Gasteiger partial charge >= 0.3 is 13.1 Å². The number of likely N-dealkylation sites (tertiary alicyclic amines) is 1. The third-order valence-corrected chi connectivity index (χ3v) is 5.13. The maximum Gasteiger partial charge on any atom is 0.522 e. The third-order valence-electron chi connectivity index (χ3n) is 5.13. The summed E-state index contributed by atoms with van der Waals surface area (Å²) in [6, 6.07) is 2.52. The second kappa shape index (κ2) is 7.41. The number of aromatic nitrogens is 2. The van der Waals surface area contributed by atoms with E-state index in [1.54, 1.807) is 41.2 Å². The van der Waals surface area contributed by atoms with Crippen LogP contribution in [0.4, 0.5) is 0 Å². The Balaban J connectivity index is 1.43. The van der Waals surface area contributed by atoms with E-state index in [1.807, 2.05) is 0 Å². The molecule has 0 spiro atoms. The first kappa shape index (κ1) is 19.3. The average molecular weight is 400 g/mol. The number of benzene rings is 1. The molecule has 1 aromatic carbocycles. The van der Waals surface area contributed by atoms with E-state index in [9.17, 15) is 19.7 Å². The van der Waals surface area contributed by atoms with Crippen LogP contribution in [0, 0.1) is 0 Å². The van der Waals surface area contributed by atoms with Crippen LogP contribution < -0.4 is 15.1 Å². The number of fused-ring (bicyclic) bond motifs is 1. The van der Waals surface area contributed by atoms with Gasteiger partial charge in [0.1, 0.15) is 29.2 Å². The zero-order valence-electron chi connectivity index (χ0n) is 15.8. The maximum atomic E-state index is 12.5. The van der Waals surface area contributed by atoms with Gasteiger partial charge in [0.25, 0.3) is 0 Å². The van der Waals surface area contributed by atoms with Crippen molar-refractivity contribution >= 4 is 19.0 Å². The molecule has 1 aromatic heterocycles. The van der Waals surface area contributed by atoms with Crippen LogP contribution in [-0.4, -0.2) is 63.0 Å². The molecule has 2 aliphatic heterocycles. The van der Waals surface area contributed by atoms with Gasteiger partial charge in [-0.1, -0.05) is 6.07 Å². The van der Waals surface area contributed by atoms with Crippen LogP contribution in [0.15, 0.2) is 24.5 Å². The molecule has 1 amide bonds. The van der Waals surface area contributed by atoms with Gasteiger partial charge in [-0.25, -0.2) is 4.79 Å². The first-order chi connectivity index (χ1) is 13.8. The summed E-state index contributed by atoms with van der Waals surface area (Å²) in [6.45, 7) is 0.596. The Hall–Kier alpha value is -3.05. The molecule has 4 N–H and O–H groups in total. The van der Waals surface area contributed by atoms with Crippen molar-refractivity contribution in [2.24, 2.45) is 12.8 Å². The molecule has 1 atom stereocenters. The van der Waals surface area contributed by atoms with Crippen LogP contribution in [-0.2, 0) is 18.3 Å². The predicted octanol–water partition coefficient (Wildman–Crippen LogP) is -0.177. The van der Waals surface area contributed by atoms with Crippen molar-refractivity contribution in [2.75, 3.05) is 13.1 Å². The molecule has 0 aliphatic carbocycles. The van der Waals surface area contributed by atoms with E-state index in [1.165, 1.54) is 0 Å². The molecule has 10 nitrogen and oxygen atoms in total. The number of amides is 1. The van der Waals surface area contributed by atoms with Gasteiger partial charge in [-0.3, -0.25) is 9.48 Å². The highest BCUT2D eigenvalue weighted by atomic mass is 16.5. The number of hydrogen-bond acceptors (Lipinski definition) is 7. The molecule has 1 saturated heterocycles. The molecule has 0 bridgehead atoms. The quantitative estimate of drug-likeness (QED) is 0.588. The summed E-state index contributed by atoms with van der Waals surface area (Å²) in [4.78, 5) is 25.8. The fourth-order valence-corrected chi connectivity index (χ4v) is 3.53. The Morgan fingerprint density at radius 2 is 2.17 bits per heavy atom. The van der Waals surface area contributed by atoms with Crippen molar-refractivity contribution in [3.05, 3.63) is 41.2 Å². The molecule has 11 heteroatoms. The monoisotopic (exact) mass is 400 g/mol. The number of nitrogens with zero attached hydrogens (tertiary/aromatic N) is 3. The topological polar surface area (TPSA) is 140 Å². The van der Waals surface area contributed by atoms with Crippen molar-refractivity contribution in [1.29, 1.82) is 0 Å². The standard InChI is InChI=1S/C18H21BN4O6/c1-22-7-11(6-21-22)15(20)17(24)23-8-12(9-23)28-13-3-2-10-4-5-19(27)29-16(10)14(13)18(25)26/h2-3,6-7,12,15,27H,4-5,8-9,20H2,1H3,(H,25,26). The summed E-state index contributed by atoms with van der Waals surface area (Å²) in [7, 11) is 0.705. The number of carboxylic acids is 1. The molecule has 29 heavy (non-hydrogen) atoms. The van der Waals surface area contributed by atoms with Crippen LogP contribution in [0.25, 0.3) is 0 Å². The molecule has 152 valence electrons. The second-order valence-electron chi connectivity index (χ2n) is 7.25. The largest absolute Gasteiger partial charge is 0.535 e. The van der Waals surface area contributed by atoms with Crippen LogP contribution in [0.2, 0.25) is 6.32 Å². The Bertz CT molecular complexity index is 958. The zero-order valence-corrected chi connectivity index (χ0v) is 15.8. The summed E-state index contributed by atoms with van der Waals surface area (Å²) in [5.74, 6) is -1.15. The van der Waals surface area contributed by atoms with Crippen molar-refractivity contribution in [3.63, 3.8) is 0 Å². The van der Waals surface area contributed by atoms with E-state index in [2.05, 4.69) is 5.10 Å². The number of ether oxygens (including phenoxy) is 1. The minimum absolute atomic E-state index is 0.113. The number of hydrogen-bond donors (Lipinski definition) is 3.